The number of H-pyrrole nitrogens is 1. The van der Waals surface area contributed by atoms with Crippen LogP contribution in [0.1, 0.15) is 32.6 Å². The predicted octanol–water partition coefficient (Wildman–Crippen LogP) is 5.02. The first-order chi connectivity index (χ1) is 9.04. The number of fused-ring (bicyclic) bond motifs is 1. The second-order valence-corrected chi connectivity index (χ2v) is 7.06. The molecule has 0 amide bonds. The van der Waals surface area contributed by atoms with Crippen LogP contribution >= 0.6 is 34.8 Å². The molecule has 1 aromatic carbocycles. The molecule has 102 valence electrons. The molecule has 0 bridgehead atoms. The molecule has 1 aliphatic rings. The topological polar surface area (TPSA) is 20.7 Å². The maximum absolute atomic E-state index is 13.8. The third-order valence-corrected chi connectivity index (χ3v) is 5.62. The summed E-state index contributed by atoms with van der Waals surface area (Å²) in [5.74, 6) is -0.171. The van der Waals surface area contributed by atoms with E-state index in [1.807, 2.05) is 28.7 Å². The van der Waals surface area contributed by atoms with Crippen LogP contribution < -0.4 is 0 Å². The van der Waals surface area contributed by atoms with Crippen molar-refractivity contribution in [3.05, 3.63) is 26.3 Å². The van der Waals surface area contributed by atoms with Crippen molar-refractivity contribution in [1.29, 1.82) is 0 Å². The van der Waals surface area contributed by atoms with Crippen LogP contribution in [0.5, 0.6) is 0 Å². The fourth-order valence-electron chi connectivity index (χ4n) is 2.94. The molecule has 0 unspecified atom stereocenters. The van der Waals surface area contributed by atoms with Crippen molar-refractivity contribution in [2.45, 2.75) is 39.2 Å². The van der Waals surface area contributed by atoms with Crippen LogP contribution in [-0.4, -0.2) is 9.55 Å². The van der Waals surface area contributed by atoms with Crippen molar-refractivity contribution in [3.63, 3.8) is 0 Å². The van der Waals surface area contributed by atoms with Gasteiger partial charge in [-0.05, 0) is 65.6 Å². The van der Waals surface area contributed by atoms with E-state index in [0.29, 0.717) is 13.8 Å². The van der Waals surface area contributed by atoms with E-state index >= 15 is 0 Å². The van der Waals surface area contributed by atoms with E-state index < -0.39 is 0 Å². The van der Waals surface area contributed by atoms with Crippen molar-refractivity contribution < 1.29 is 4.39 Å². The molecule has 3 rings (SSSR count). The first-order valence-electron chi connectivity index (χ1n) is 6.62. The van der Waals surface area contributed by atoms with E-state index in [9.17, 15) is 4.39 Å². The highest BCUT2D eigenvalue weighted by Gasteiger charge is 2.35. The minimum absolute atomic E-state index is 0.171. The summed E-state index contributed by atoms with van der Waals surface area (Å²) in [7, 11) is 0. The highest BCUT2D eigenvalue weighted by molar-refractivity contribution is 14.1. The molecule has 2 nitrogen and oxygen atoms in total. The molecule has 0 atom stereocenters. The van der Waals surface area contributed by atoms with Crippen LogP contribution in [0.3, 0.4) is 0 Å². The number of nitrogens with one attached hydrogen (secondary N) is 1. The van der Waals surface area contributed by atoms with Gasteiger partial charge in [0.05, 0.1) is 14.6 Å². The van der Waals surface area contributed by atoms with Gasteiger partial charge in [-0.2, -0.15) is 0 Å². The van der Waals surface area contributed by atoms with Crippen LogP contribution in [0.15, 0.2) is 12.1 Å². The number of hydrogen-bond acceptors (Lipinski definition) is 1. The fourth-order valence-corrected chi connectivity index (χ4v) is 3.68. The number of nitrogens with zero attached hydrogens (tertiary/aromatic N) is 1. The van der Waals surface area contributed by atoms with Gasteiger partial charge in [0.1, 0.15) is 5.82 Å². The van der Waals surface area contributed by atoms with Gasteiger partial charge >= 0.3 is 0 Å². The normalized spacial score (nSPS) is 17.6. The molecule has 1 fully saturated rings. The second-order valence-electron chi connectivity index (χ2n) is 5.51. The molecule has 0 saturated heterocycles. The largest absolute Gasteiger partial charge is 0.331 e. The Morgan fingerprint density at radius 1 is 1.47 bits per heavy atom. The molecule has 1 N–H and O–H groups in total. The first-order valence-corrected chi connectivity index (χ1v) is 8.11. The molecule has 0 aliphatic heterocycles. The van der Waals surface area contributed by atoms with Gasteiger partial charge in [-0.15, -0.1) is 0 Å². The maximum Gasteiger partial charge on any atom is 0.178 e. The quantitative estimate of drug-likeness (QED) is 0.577. The Bertz CT molecular complexity index is 679. The van der Waals surface area contributed by atoms with Crippen LogP contribution in [-0.2, 0) is 6.54 Å². The lowest BCUT2D eigenvalue weighted by molar-refractivity contribution is 0.101. The maximum atomic E-state index is 13.8. The summed E-state index contributed by atoms with van der Waals surface area (Å²) >= 11 is 7.42. The van der Waals surface area contributed by atoms with Crippen molar-refractivity contribution in [2.24, 2.45) is 5.41 Å². The van der Waals surface area contributed by atoms with Gasteiger partial charge in [0.2, 0.25) is 0 Å². The molecule has 1 aliphatic carbocycles. The summed E-state index contributed by atoms with van der Waals surface area (Å²) in [6.07, 6.45) is 4.97. The lowest BCUT2D eigenvalue weighted by Crippen LogP contribution is -2.33. The summed E-state index contributed by atoms with van der Waals surface area (Å²) in [6.45, 7) is 3.14. The van der Waals surface area contributed by atoms with Gasteiger partial charge in [-0.3, -0.25) is 0 Å². The Kier molecular flexibility index (Phi) is 3.45. The number of benzene rings is 1. The molecule has 0 radical (unpaired) electrons. The average Bonchev–Trinajstić information content (AvgIpc) is 2.61. The van der Waals surface area contributed by atoms with Gasteiger partial charge in [0, 0.05) is 12.6 Å². The average molecular weight is 390 g/mol. The Hall–Kier alpha value is -0.430. The molecule has 19 heavy (non-hydrogen) atoms. The Balaban J connectivity index is 2.10. The molecule has 5 heteroatoms. The highest BCUT2D eigenvalue weighted by Crippen LogP contribution is 2.45. The number of rotatable bonds is 3. The highest BCUT2D eigenvalue weighted by atomic mass is 127. The summed E-state index contributed by atoms with van der Waals surface area (Å²) in [6, 6.07) is 3.43. The molecule has 0 spiro atoms. The SMILES string of the molecule is CCC1(Cn2c(=S)[nH]c3cc(I)c(F)cc32)CCC1. The van der Waals surface area contributed by atoms with Crippen molar-refractivity contribution >= 4 is 45.8 Å². The van der Waals surface area contributed by atoms with Gasteiger partial charge in [0.15, 0.2) is 4.77 Å². The van der Waals surface area contributed by atoms with Gasteiger partial charge in [-0.25, -0.2) is 4.39 Å². The van der Waals surface area contributed by atoms with E-state index in [4.69, 9.17) is 12.2 Å². The predicted molar refractivity (Wildman–Crippen MR) is 86.4 cm³/mol. The van der Waals surface area contributed by atoms with Gasteiger partial charge in [-0.1, -0.05) is 13.3 Å². The van der Waals surface area contributed by atoms with Gasteiger partial charge < -0.3 is 9.55 Å². The van der Waals surface area contributed by atoms with Crippen molar-refractivity contribution in [3.8, 4) is 0 Å². The van der Waals surface area contributed by atoms with Gasteiger partial charge in [0.25, 0.3) is 0 Å². The lowest BCUT2D eigenvalue weighted by atomic mass is 9.67. The second kappa shape index (κ2) is 4.84. The summed E-state index contributed by atoms with van der Waals surface area (Å²) in [5.41, 5.74) is 2.19. The summed E-state index contributed by atoms with van der Waals surface area (Å²) in [5, 5.41) is 0. The van der Waals surface area contributed by atoms with E-state index in [1.54, 1.807) is 6.07 Å². The fraction of sp³-hybridized carbons (Fsp3) is 0.500. The van der Waals surface area contributed by atoms with E-state index in [2.05, 4.69) is 16.5 Å². The molecular weight excluding hydrogens is 374 g/mol. The number of aromatic nitrogens is 2. The van der Waals surface area contributed by atoms with Crippen LogP contribution in [0, 0.1) is 19.6 Å². The molecular formula is C14H16FIN2S. The third kappa shape index (κ3) is 2.24. The van der Waals surface area contributed by atoms with Crippen LogP contribution in [0.4, 0.5) is 4.39 Å². The zero-order chi connectivity index (χ0) is 13.6. The summed E-state index contributed by atoms with van der Waals surface area (Å²) < 4.78 is 17.2. The standard InChI is InChI=1S/C14H16FIN2S/c1-2-14(4-3-5-14)8-18-12-6-9(15)10(16)7-11(12)17-13(18)19/h6-7H,2-5,8H2,1H3,(H,17,19). The molecule has 1 heterocycles. The first kappa shape index (κ1) is 13.5. The Labute approximate surface area is 130 Å². The van der Waals surface area contributed by atoms with Crippen LogP contribution in [0.25, 0.3) is 11.0 Å². The molecule has 1 aromatic heterocycles. The van der Waals surface area contributed by atoms with Crippen LogP contribution in [0.2, 0.25) is 0 Å². The van der Waals surface area contributed by atoms with E-state index in [1.165, 1.54) is 19.3 Å². The minimum atomic E-state index is -0.171. The monoisotopic (exact) mass is 390 g/mol. The summed E-state index contributed by atoms with van der Waals surface area (Å²) in [4.78, 5) is 3.20. The Morgan fingerprint density at radius 2 is 2.21 bits per heavy atom. The zero-order valence-corrected chi connectivity index (χ0v) is 13.8. The minimum Gasteiger partial charge on any atom is -0.331 e. The smallest absolute Gasteiger partial charge is 0.178 e. The Morgan fingerprint density at radius 3 is 2.79 bits per heavy atom. The van der Waals surface area contributed by atoms with E-state index in [0.717, 1.165) is 24.0 Å². The van der Waals surface area contributed by atoms with Crippen molar-refractivity contribution in [2.75, 3.05) is 0 Å². The molecule has 2 aromatic rings. The van der Waals surface area contributed by atoms with E-state index in [-0.39, 0.29) is 5.82 Å². The van der Waals surface area contributed by atoms with Crippen molar-refractivity contribution in [1.82, 2.24) is 9.55 Å². The number of halogens is 2. The molecule has 1 saturated carbocycles. The number of hydrogen-bond donors (Lipinski definition) is 1. The number of imidazole rings is 1. The third-order valence-electron chi connectivity index (χ3n) is 4.47. The zero-order valence-electron chi connectivity index (χ0n) is 10.8. The lowest BCUT2D eigenvalue weighted by Gasteiger charge is -2.41. The number of aromatic amines is 1.